The molecular formula is C28H33ClF3N3O8. The molecule has 0 aromatic heterocycles. The number of aromatic hydroxyl groups is 1. The molecule has 5 N–H and O–H groups in total. The van der Waals surface area contributed by atoms with Gasteiger partial charge in [-0.05, 0) is 42.3 Å². The van der Waals surface area contributed by atoms with Crippen molar-refractivity contribution in [2.45, 2.75) is 49.7 Å². The molecule has 2 fully saturated rings. The minimum absolute atomic E-state index is 0.00532. The van der Waals surface area contributed by atoms with Gasteiger partial charge < -0.3 is 45.0 Å². The number of benzene rings is 2. The molecule has 1 spiro atoms. The number of aliphatic carboxylic acids is 1. The number of phenols is 1. The summed E-state index contributed by atoms with van der Waals surface area (Å²) in [7, 11) is 0. The van der Waals surface area contributed by atoms with E-state index in [0.717, 1.165) is 48.7 Å². The van der Waals surface area contributed by atoms with Crippen LogP contribution in [0.3, 0.4) is 0 Å². The first-order valence-corrected chi connectivity index (χ1v) is 14.0. The van der Waals surface area contributed by atoms with Crippen LogP contribution in [0.1, 0.15) is 24.8 Å². The molecule has 43 heavy (non-hydrogen) atoms. The molecule has 2 aromatic rings. The summed E-state index contributed by atoms with van der Waals surface area (Å²) in [4.78, 5) is 25.1. The van der Waals surface area contributed by atoms with Crippen molar-refractivity contribution >= 4 is 29.3 Å². The number of anilines is 1. The number of hydrogen-bond donors (Lipinski definition) is 5. The van der Waals surface area contributed by atoms with Crippen molar-refractivity contribution in [3.05, 3.63) is 47.0 Å². The Bertz CT molecular complexity index is 1310. The number of rotatable bonds is 6. The molecule has 2 amide bonds. The second-order valence-corrected chi connectivity index (χ2v) is 11.2. The van der Waals surface area contributed by atoms with Gasteiger partial charge in [0.25, 0.3) is 0 Å². The molecule has 0 aliphatic carbocycles. The molecule has 0 radical (unpaired) electrons. The van der Waals surface area contributed by atoms with Gasteiger partial charge in [-0.25, -0.2) is 9.59 Å². The largest absolute Gasteiger partial charge is 0.508 e. The van der Waals surface area contributed by atoms with Crippen LogP contribution in [-0.2, 0) is 11.2 Å². The monoisotopic (exact) mass is 631 g/mol. The highest BCUT2D eigenvalue weighted by molar-refractivity contribution is 6.30. The third-order valence-corrected chi connectivity index (χ3v) is 7.66. The van der Waals surface area contributed by atoms with Gasteiger partial charge in [0.15, 0.2) is 0 Å². The van der Waals surface area contributed by atoms with Crippen LogP contribution in [0.2, 0.25) is 5.02 Å². The number of urea groups is 1. The molecule has 2 saturated heterocycles. The number of nitrogens with one attached hydrogen (secondary N) is 1. The average molecular weight is 632 g/mol. The molecule has 236 valence electrons. The number of aliphatic hydroxyl groups excluding tert-OH is 2. The molecule has 2 aromatic carbocycles. The number of halogens is 4. The van der Waals surface area contributed by atoms with Crippen molar-refractivity contribution in [2.75, 3.05) is 44.6 Å². The molecule has 0 bridgehead atoms. The lowest BCUT2D eigenvalue weighted by Crippen LogP contribution is -2.49. The number of β-amino-alcohol motifs (C(OH)–C–C–N with tert-alkyl or cyclic N) is 2. The van der Waals surface area contributed by atoms with E-state index in [1.807, 2.05) is 18.2 Å². The number of phenolic OH excluding ortho intramolecular Hbond substituents is 1. The number of hydrogen-bond acceptors (Lipinski definition) is 8. The fraction of sp³-hybridized carbons (Fsp3) is 0.500. The number of ether oxygens (including phenoxy) is 2. The van der Waals surface area contributed by atoms with Crippen molar-refractivity contribution in [3.63, 3.8) is 0 Å². The van der Waals surface area contributed by atoms with Gasteiger partial charge in [0.1, 0.15) is 35.6 Å². The van der Waals surface area contributed by atoms with Crippen LogP contribution in [0.4, 0.5) is 23.7 Å². The summed E-state index contributed by atoms with van der Waals surface area (Å²) in [5, 5.41) is 40.8. The van der Waals surface area contributed by atoms with E-state index in [1.54, 1.807) is 6.07 Å². The van der Waals surface area contributed by atoms with Crippen LogP contribution in [0.5, 0.6) is 17.2 Å². The van der Waals surface area contributed by atoms with Crippen LogP contribution in [0.15, 0.2) is 36.4 Å². The Morgan fingerprint density at radius 3 is 2.49 bits per heavy atom. The van der Waals surface area contributed by atoms with Gasteiger partial charge in [-0.2, -0.15) is 13.2 Å². The zero-order valence-electron chi connectivity index (χ0n) is 23.0. The Morgan fingerprint density at radius 2 is 1.86 bits per heavy atom. The van der Waals surface area contributed by atoms with Crippen LogP contribution in [0.25, 0.3) is 0 Å². The van der Waals surface area contributed by atoms with Gasteiger partial charge in [-0.1, -0.05) is 11.6 Å². The highest BCUT2D eigenvalue weighted by Gasteiger charge is 2.42. The Kier molecular flexibility index (Phi) is 10.2. The first kappa shape index (κ1) is 32.5. The van der Waals surface area contributed by atoms with Crippen LogP contribution < -0.4 is 14.8 Å². The van der Waals surface area contributed by atoms with Gasteiger partial charge in [0.05, 0.1) is 11.8 Å². The van der Waals surface area contributed by atoms with Crippen molar-refractivity contribution < 1.29 is 52.7 Å². The standard InChI is InChI=1S/C26H32ClN3O6.C2HF3O2/c27-18-1-4-23-17(11-18)13-26(36-23)6-9-29(10-7-26)14-21(33)16-35-24-12-19(31)2-3-22(24)28-25(34)30-8-5-20(32)15-30;3-2(4,5)1(6)7/h1-4,11-12,20-21,31-33H,5-10,13-16H2,(H,28,34);(H,6,7)/t20-,21-;/m0./s1. The fourth-order valence-electron chi connectivity index (χ4n) is 5.22. The van der Waals surface area contributed by atoms with E-state index < -0.39 is 24.4 Å². The number of likely N-dealkylation sites (tertiary alicyclic amines) is 2. The highest BCUT2D eigenvalue weighted by Crippen LogP contribution is 2.42. The number of carbonyl (C=O) groups excluding carboxylic acids is 1. The number of amides is 2. The maximum absolute atomic E-state index is 12.5. The maximum Gasteiger partial charge on any atom is 0.490 e. The van der Waals surface area contributed by atoms with Crippen molar-refractivity contribution in [1.82, 2.24) is 9.80 Å². The summed E-state index contributed by atoms with van der Waals surface area (Å²) in [6.45, 7) is 2.81. The van der Waals surface area contributed by atoms with E-state index >= 15 is 0 Å². The molecule has 5 rings (SSSR count). The van der Waals surface area contributed by atoms with Crippen LogP contribution in [0, 0.1) is 0 Å². The Labute approximate surface area is 250 Å². The molecule has 2 atom stereocenters. The van der Waals surface area contributed by atoms with Gasteiger partial charge in [-0.3, -0.25) is 0 Å². The lowest BCUT2D eigenvalue weighted by atomic mass is 9.87. The van der Waals surface area contributed by atoms with E-state index in [2.05, 4.69) is 10.2 Å². The SMILES string of the molecule is O=C(Nc1ccc(O)cc1OC[C@@H](O)CN1CCC2(CC1)Cc1cc(Cl)ccc1O2)N1CC[C@H](O)C1.O=C(O)C(F)(F)F. The van der Waals surface area contributed by atoms with Gasteiger partial charge in [-0.15, -0.1) is 0 Å². The summed E-state index contributed by atoms with van der Waals surface area (Å²) >= 11 is 6.13. The number of carboxylic acid groups (broad SMARTS) is 1. The second kappa shape index (κ2) is 13.5. The predicted molar refractivity (Wildman–Crippen MR) is 149 cm³/mol. The zero-order chi connectivity index (χ0) is 31.4. The Morgan fingerprint density at radius 1 is 1.16 bits per heavy atom. The summed E-state index contributed by atoms with van der Waals surface area (Å²) < 4.78 is 43.8. The number of nitrogens with zero attached hydrogens (tertiary/aromatic N) is 2. The van der Waals surface area contributed by atoms with E-state index in [-0.39, 0.29) is 36.3 Å². The first-order valence-electron chi connectivity index (χ1n) is 13.6. The molecule has 0 saturated carbocycles. The van der Waals surface area contributed by atoms with E-state index in [9.17, 15) is 33.3 Å². The number of carboxylic acids is 1. The number of piperidine rings is 1. The first-order chi connectivity index (χ1) is 20.2. The highest BCUT2D eigenvalue weighted by atomic mass is 35.5. The van der Waals surface area contributed by atoms with Gasteiger partial charge in [0.2, 0.25) is 0 Å². The quantitative estimate of drug-likeness (QED) is 0.302. The maximum atomic E-state index is 12.5. The molecule has 15 heteroatoms. The van der Waals surface area contributed by atoms with E-state index in [4.69, 9.17) is 31.0 Å². The topological polar surface area (TPSA) is 152 Å². The molecule has 3 aliphatic rings. The fourth-order valence-corrected chi connectivity index (χ4v) is 5.41. The van der Waals surface area contributed by atoms with Crippen molar-refractivity contribution in [1.29, 1.82) is 0 Å². The summed E-state index contributed by atoms with van der Waals surface area (Å²) in [6, 6.07) is 9.84. The molecular weight excluding hydrogens is 599 g/mol. The summed E-state index contributed by atoms with van der Waals surface area (Å²) in [5.74, 6) is -1.58. The van der Waals surface area contributed by atoms with Crippen molar-refractivity contribution in [2.24, 2.45) is 0 Å². The lowest BCUT2D eigenvalue weighted by molar-refractivity contribution is -0.192. The molecule has 0 unspecified atom stereocenters. The minimum Gasteiger partial charge on any atom is -0.508 e. The summed E-state index contributed by atoms with van der Waals surface area (Å²) in [5.41, 5.74) is 1.34. The van der Waals surface area contributed by atoms with E-state index in [0.29, 0.717) is 25.2 Å². The Balaban J connectivity index is 0.000000541. The number of aliphatic hydroxyl groups is 2. The van der Waals surface area contributed by atoms with Crippen LogP contribution >= 0.6 is 11.6 Å². The molecule has 3 aliphatic heterocycles. The van der Waals surface area contributed by atoms with Gasteiger partial charge in [0, 0.05) is 63.1 Å². The number of carbonyl (C=O) groups is 2. The average Bonchev–Trinajstić information content (AvgIpc) is 3.53. The Hall–Kier alpha value is -3.46. The third kappa shape index (κ3) is 8.78. The lowest BCUT2D eigenvalue weighted by Gasteiger charge is -2.39. The second-order valence-electron chi connectivity index (χ2n) is 10.8. The smallest absolute Gasteiger partial charge is 0.490 e. The molecule has 11 nitrogen and oxygen atoms in total. The normalized spacial score (nSPS) is 20.0. The third-order valence-electron chi connectivity index (χ3n) is 7.43. The minimum atomic E-state index is -5.08. The molecule has 3 heterocycles. The van der Waals surface area contributed by atoms with E-state index in [1.165, 1.54) is 17.0 Å². The summed E-state index contributed by atoms with van der Waals surface area (Å²) in [6.07, 6.45) is -3.23. The van der Waals surface area contributed by atoms with Crippen LogP contribution in [-0.4, -0.2) is 106 Å². The van der Waals surface area contributed by atoms with Gasteiger partial charge >= 0.3 is 18.2 Å². The predicted octanol–water partition coefficient (Wildman–Crippen LogP) is 3.49. The zero-order valence-corrected chi connectivity index (χ0v) is 23.8. The van der Waals surface area contributed by atoms with Crippen molar-refractivity contribution in [3.8, 4) is 17.2 Å². The number of alkyl halides is 3. The number of fused-ring (bicyclic) bond motifs is 1.